The average molecular weight is 312 g/mol. The van der Waals surface area contributed by atoms with Crippen LogP contribution in [-0.4, -0.2) is 8.07 Å². The van der Waals surface area contributed by atoms with E-state index in [1.807, 2.05) is 0 Å². The number of hydrogen-bond acceptors (Lipinski definition) is 0. The zero-order valence-electron chi connectivity index (χ0n) is 15.2. The van der Waals surface area contributed by atoms with Crippen LogP contribution >= 0.6 is 0 Å². The maximum absolute atomic E-state index is 3.94. The average Bonchev–Trinajstić information content (AvgIpc) is 2.72. The third-order valence-corrected chi connectivity index (χ3v) is 12.5. The molecule has 1 radical (unpaired) electrons. The highest BCUT2D eigenvalue weighted by molar-refractivity contribution is 6.95. The SMILES string of the molecule is CCC[Si](CCC)(c1ccccc1)C1(C)[C]=C(C)C(C)=C1C. The number of allylic oxidation sites excluding steroid dienone is 4. The van der Waals surface area contributed by atoms with Gasteiger partial charge in [0.25, 0.3) is 0 Å². The smallest absolute Gasteiger partial charge is 0.0656 e. The lowest BCUT2D eigenvalue weighted by Crippen LogP contribution is -2.56. The molecule has 119 valence electrons. The molecule has 0 aliphatic heterocycles. The zero-order valence-corrected chi connectivity index (χ0v) is 16.2. The van der Waals surface area contributed by atoms with Gasteiger partial charge in [-0.3, -0.25) is 0 Å². The van der Waals surface area contributed by atoms with Crippen LogP contribution in [0.25, 0.3) is 0 Å². The van der Waals surface area contributed by atoms with Crippen LogP contribution in [0.4, 0.5) is 0 Å². The fourth-order valence-electron chi connectivity index (χ4n) is 4.51. The van der Waals surface area contributed by atoms with Crippen molar-refractivity contribution in [2.24, 2.45) is 0 Å². The van der Waals surface area contributed by atoms with Crippen molar-refractivity contribution in [3.8, 4) is 0 Å². The normalized spacial score (nSPS) is 22.2. The van der Waals surface area contributed by atoms with E-state index in [-0.39, 0.29) is 5.04 Å². The first kappa shape index (κ1) is 17.3. The van der Waals surface area contributed by atoms with Crippen LogP contribution in [0.2, 0.25) is 17.1 Å². The van der Waals surface area contributed by atoms with E-state index < -0.39 is 8.07 Å². The Morgan fingerprint density at radius 1 is 0.955 bits per heavy atom. The number of benzene rings is 1. The first-order valence-electron chi connectivity index (χ1n) is 8.78. The molecule has 1 aliphatic rings. The van der Waals surface area contributed by atoms with Crippen molar-refractivity contribution in [2.75, 3.05) is 0 Å². The maximum Gasteiger partial charge on any atom is 0.101 e. The Labute approximate surface area is 138 Å². The summed E-state index contributed by atoms with van der Waals surface area (Å²) < 4.78 is 0. The molecule has 0 heterocycles. The van der Waals surface area contributed by atoms with E-state index in [4.69, 9.17) is 0 Å². The van der Waals surface area contributed by atoms with E-state index in [1.54, 1.807) is 10.8 Å². The summed E-state index contributed by atoms with van der Waals surface area (Å²) in [6.07, 6.45) is 6.48. The third kappa shape index (κ3) is 2.54. The molecule has 1 atom stereocenters. The third-order valence-electron chi connectivity index (χ3n) is 5.95. The van der Waals surface area contributed by atoms with Gasteiger partial charge in [-0.1, -0.05) is 86.8 Å². The minimum Gasteiger partial charge on any atom is -0.0656 e. The first-order chi connectivity index (χ1) is 10.4. The minimum absolute atomic E-state index is 0.147. The van der Waals surface area contributed by atoms with E-state index in [1.165, 1.54) is 36.1 Å². The van der Waals surface area contributed by atoms with Crippen molar-refractivity contribution < 1.29 is 0 Å². The molecular formula is C21H31Si. The Balaban J connectivity index is 2.69. The van der Waals surface area contributed by atoms with Gasteiger partial charge in [-0.25, -0.2) is 0 Å². The molecule has 0 aromatic heterocycles. The van der Waals surface area contributed by atoms with Crippen molar-refractivity contribution in [3.63, 3.8) is 0 Å². The monoisotopic (exact) mass is 311 g/mol. The van der Waals surface area contributed by atoms with Crippen molar-refractivity contribution in [3.05, 3.63) is 53.1 Å². The molecule has 0 bridgehead atoms. The summed E-state index contributed by atoms with van der Waals surface area (Å²) in [5, 5.41) is 1.77. The van der Waals surface area contributed by atoms with E-state index in [0.717, 1.165) is 0 Å². The fraction of sp³-hybridized carbons (Fsp3) is 0.524. The van der Waals surface area contributed by atoms with Crippen LogP contribution in [0.5, 0.6) is 0 Å². The highest BCUT2D eigenvalue weighted by atomic mass is 28.3. The van der Waals surface area contributed by atoms with E-state index in [0.29, 0.717) is 0 Å². The summed E-state index contributed by atoms with van der Waals surface area (Å²) in [4.78, 5) is 0. The largest absolute Gasteiger partial charge is 0.101 e. The van der Waals surface area contributed by atoms with Crippen LogP contribution in [0.15, 0.2) is 47.1 Å². The fourth-order valence-corrected chi connectivity index (χ4v) is 10.8. The topological polar surface area (TPSA) is 0 Å². The molecule has 1 aromatic carbocycles. The summed E-state index contributed by atoms with van der Waals surface area (Å²) >= 11 is 0. The van der Waals surface area contributed by atoms with Gasteiger partial charge in [0, 0.05) is 5.04 Å². The Kier molecular flexibility index (Phi) is 5.16. The van der Waals surface area contributed by atoms with Crippen molar-refractivity contribution in [2.45, 2.75) is 71.5 Å². The van der Waals surface area contributed by atoms with Crippen LogP contribution in [0.1, 0.15) is 54.4 Å². The summed E-state index contributed by atoms with van der Waals surface area (Å²) in [6, 6.07) is 14.1. The van der Waals surface area contributed by atoms with E-state index in [9.17, 15) is 0 Å². The first-order valence-corrected chi connectivity index (χ1v) is 11.2. The highest BCUT2D eigenvalue weighted by Gasteiger charge is 2.52. The summed E-state index contributed by atoms with van der Waals surface area (Å²) in [5.74, 6) is 0. The van der Waals surface area contributed by atoms with Gasteiger partial charge in [-0.15, -0.1) is 0 Å². The van der Waals surface area contributed by atoms with Crippen LogP contribution in [-0.2, 0) is 0 Å². The van der Waals surface area contributed by atoms with Gasteiger partial charge < -0.3 is 0 Å². The second kappa shape index (κ2) is 6.58. The Morgan fingerprint density at radius 2 is 1.50 bits per heavy atom. The molecule has 0 nitrogen and oxygen atoms in total. The molecule has 0 saturated carbocycles. The van der Waals surface area contributed by atoms with Gasteiger partial charge in [0.1, 0.15) is 8.07 Å². The second-order valence-corrected chi connectivity index (χ2v) is 11.8. The molecule has 1 heteroatoms. The van der Waals surface area contributed by atoms with Crippen LogP contribution < -0.4 is 5.19 Å². The summed E-state index contributed by atoms with van der Waals surface area (Å²) in [7, 11) is -1.70. The molecule has 2 rings (SSSR count). The quantitative estimate of drug-likeness (QED) is 0.563. The molecule has 1 unspecified atom stereocenters. The van der Waals surface area contributed by atoms with Crippen LogP contribution in [0, 0.1) is 6.08 Å². The Morgan fingerprint density at radius 3 is 1.91 bits per heavy atom. The molecule has 0 spiro atoms. The number of hydrogen-bond donors (Lipinski definition) is 0. The lowest BCUT2D eigenvalue weighted by atomic mass is 10.0. The summed E-state index contributed by atoms with van der Waals surface area (Å²) in [6.45, 7) is 14.1. The molecule has 0 fully saturated rings. The predicted octanol–water partition coefficient (Wildman–Crippen LogP) is 6.02. The van der Waals surface area contributed by atoms with Gasteiger partial charge in [-0.05, 0) is 38.0 Å². The Bertz CT molecular complexity index is 573. The zero-order chi connectivity index (χ0) is 16.4. The lowest BCUT2D eigenvalue weighted by Gasteiger charge is -2.46. The molecule has 22 heavy (non-hydrogen) atoms. The molecular weight excluding hydrogens is 280 g/mol. The van der Waals surface area contributed by atoms with Gasteiger partial charge in [0.05, 0.1) is 0 Å². The van der Waals surface area contributed by atoms with Gasteiger partial charge in [0.15, 0.2) is 0 Å². The standard InChI is InChI=1S/C21H31Si/c1-7-14-22(15-8-2,20-12-10-9-11-13-20)21(6)16-17(3)18(4)19(21)5/h9-13H,7-8,14-15H2,1-6H3. The van der Waals surface area contributed by atoms with Gasteiger partial charge in [0.2, 0.25) is 0 Å². The van der Waals surface area contributed by atoms with Gasteiger partial charge >= 0.3 is 0 Å². The van der Waals surface area contributed by atoms with Crippen molar-refractivity contribution >= 4 is 13.3 Å². The van der Waals surface area contributed by atoms with Gasteiger partial charge in [-0.2, -0.15) is 0 Å². The maximum atomic E-state index is 3.94. The molecule has 0 saturated heterocycles. The molecule has 0 N–H and O–H groups in total. The highest BCUT2D eigenvalue weighted by Crippen LogP contribution is 2.55. The van der Waals surface area contributed by atoms with E-state index in [2.05, 4.69) is 78.0 Å². The number of rotatable bonds is 6. The lowest BCUT2D eigenvalue weighted by molar-refractivity contribution is 0.790. The van der Waals surface area contributed by atoms with Crippen molar-refractivity contribution in [1.82, 2.24) is 0 Å². The molecule has 1 aliphatic carbocycles. The second-order valence-electron chi connectivity index (χ2n) is 7.07. The molecule has 1 aromatic rings. The van der Waals surface area contributed by atoms with E-state index >= 15 is 0 Å². The predicted molar refractivity (Wildman–Crippen MR) is 101 cm³/mol. The summed E-state index contributed by atoms with van der Waals surface area (Å²) in [5.41, 5.74) is 4.42. The van der Waals surface area contributed by atoms with Crippen LogP contribution in [0.3, 0.4) is 0 Å². The van der Waals surface area contributed by atoms with Crippen molar-refractivity contribution in [1.29, 1.82) is 0 Å². The minimum atomic E-state index is -1.70. The molecule has 0 amide bonds. The Hall–Kier alpha value is -1.08.